The molecule has 1 aromatic rings. The van der Waals surface area contributed by atoms with E-state index >= 15 is 0 Å². The van der Waals surface area contributed by atoms with Gasteiger partial charge in [-0.2, -0.15) is 0 Å². The highest BCUT2D eigenvalue weighted by molar-refractivity contribution is 5.83. The fourth-order valence-corrected chi connectivity index (χ4v) is 1.59. The Kier molecular flexibility index (Phi) is 5.25. The summed E-state index contributed by atoms with van der Waals surface area (Å²) in [7, 11) is 2.66. The van der Waals surface area contributed by atoms with Gasteiger partial charge in [-0.1, -0.05) is 18.2 Å². The normalized spacial score (nSPS) is 11.7. The van der Waals surface area contributed by atoms with Crippen molar-refractivity contribution in [3.05, 3.63) is 35.6 Å². The summed E-state index contributed by atoms with van der Waals surface area (Å²) in [5.74, 6) is -2.10. The average molecular weight is 270 g/mol. The van der Waals surface area contributed by atoms with Crippen molar-refractivity contribution < 1.29 is 23.9 Å². The topological polar surface area (TPSA) is 78.9 Å². The number of nitrogens with zero attached hydrogens (tertiary/aromatic N) is 1. The van der Waals surface area contributed by atoms with Crippen LogP contribution in [0.4, 0.5) is 9.18 Å². The highest BCUT2D eigenvalue weighted by Crippen LogP contribution is 2.20. The summed E-state index contributed by atoms with van der Waals surface area (Å²) in [6.07, 6.45) is -1.28. The number of hydrogen-bond acceptors (Lipinski definition) is 3. The second-order valence-corrected chi connectivity index (χ2v) is 3.78. The van der Waals surface area contributed by atoms with Gasteiger partial charge in [-0.3, -0.25) is 9.63 Å². The Morgan fingerprint density at radius 1 is 1.47 bits per heavy atom. The molecule has 104 valence electrons. The molecule has 0 unspecified atom stereocenters. The number of halogens is 1. The summed E-state index contributed by atoms with van der Waals surface area (Å²) < 4.78 is 13.7. The van der Waals surface area contributed by atoms with Gasteiger partial charge in [0.15, 0.2) is 0 Å². The number of hydroxylamine groups is 2. The Hall–Kier alpha value is -2.15. The maximum atomic E-state index is 13.7. The third kappa shape index (κ3) is 3.92. The molecule has 19 heavy (non-hydrogen) atoms. The van der Waals surface area contributed by atoms with Gasteiger partial charge in [0.05, 0.1) is 13.0 Å². The van der Waals surface area contributed by atoms with Gasteiger partial charge in [0.25, 0.3) is 5.91 Å². The standard InChI is InChI=1S/C12H15FN2O4/c1-15(19-2)11(16)9(7-14-12(17)18)8-5-3-4-6-10(8)13/h3-6,9,14H,7H2,1-2H3,(H,17,18)/t9-/m1/s1. The number of carbonyl (C=O) groups is 2. The lowest BCUT2D eigenvalue weighted by Crippen LogP contribution is -2.38. The molecule has 0 aliphatic rings. The molecule has 0 fully saturated rings. The Balaban J connectivity index is 3.01. The SMILES string of the molecule is CON(C)C(=O)[C@H](CNC(=O)O)c1ccccc1F. The molecule has 0 aromatic heterocycles. The number of carbonyl (C=O) groups excluding carboxylic acids is 1. The maximum Gasteiger partial charge on any atom is 0.404 e. The zero-order chi connectivity index (χ0) is 14.4. The van der Waals surface area contributed by atoms with E-state index in [0.29, 0.717) is 0 Å². The Bertz CT molecular complexity index is 467. The van der Waals surface area contributed by atoms with Crippen LogP contribution >= 0.6 is 0 Å². The monoisotopic (exact) mass is 270 g/mol. The Morgan fingerprint density at radius 2 is 2.11 bits per heavy atom. The molecular formula is C12H15FN2O4. The Morgan fingerprint density at radius 3 is 2.63 bits per heavy atom. The fourth-order valence-electron chi connectivity index (χ4n) is 1.59. The summed E-state index contributed by atoms with van der Waals surface area (Å²) in [6.45, 7) is -0.233. The van der Waals surface area contributed by atoms with Crippen LogP contribution in [0, 0.1) is 5.82 Å². The smallest absolute Gasteiger partial charge is 0.404 e. The summed E-state index contributed by atoms with van der Waals surface area (Å²) in [5, 5.41) is 11.6. The maximum absolute atomic E-state index is 13.7. The van der Waals surface area contributed by atoms with Crippen LogP contribution in [0.15, 0.2) is 24.3 Å². The van der Waals surface area contributed by atoms with Crippen LogP contribution in [0.25, 0.3) is 0 Å². The van der Waals surface area contributed by atoms with Crippen molar-refractivity contribution in [3.63, 3.8) is 0 Å². The van der Waals surface area contributed by atoms with Gasteiger partial charge in [0.1, 0.15) is 5.82 Å². The molecule has 0 spiro atoms. The van der Waals surface area contributed by atoms with Crippen LogP contribution in [-0.4, -0.2) is 42.9 Å². The van der Waals surface area contributed by atoms with Gasteiger partial charge in [0, 0.05) is 19.2 Å². The zero-order valence-corrected chi connectivity index (χ0v) is 10.6. The molecule has 2 N–H and O–H groups in total. The zero-order valence-electron chi connectivity index (χ0n) is 10.6. The number of nitrogens with one attached hydrogen (secondary N) is 1. The highest BCUT2D eigenvalue weighted by Gasteiger charge is 2.27. The number of benzene rings is 1. The van der Waals surface area contributed by atoms with Crippen LogP contribution in [-0.2, 0) is 9.63 Å². The van der Waals surface area contributed by atoms with Crippen LogP contribution in [0.5, 0.6) is 0 Å². The van der Waals surface area contributed by atoms with Crippen molar-refractivity contribution >= 4 is 12.0 Å². The van der Waals surface area contributed by atoms with Gasteiger partial charge in [-0.05, 0) is 6.07 Å². The lowest BCUT2D eigenvalue weighted by Gasteiger charge is -2.22. The van der Waals surface area contributed by atoms with Crippen LogP contribution in [0.1, 0.15) is 11.5 Å². The quantitative estimate of drug-likeness (QED) is 0.788. The number of likely N-dealkylation sites (N-methyl/N-ethyl adjacent to an activating group) is 1. The lowest BCUT2D eigenvalue weighted by atomic mass is 9.97. The number of amides is 2. The molecule has 1 aromatic carbocycles. The minimum Gasteiger partial charge on any atom is -0.465 e. The van der Waals surface area contributed by atoms with Gasteiger partial charge < -0.3 is 10.4 Å². The molecule has 6 nitrogen and oxygen atoms in total. The minimum absolute atomic E-state index is 0.116. The molecule has 0 aliphatic carbocycles. The van der Waals surface area contributed by atoms with Crippen LogP contribution < -0.4 is 5.32 Å². The van der Waals surface area contributed by atoms with Gasteiger partial charge >= 0.3 is 6.09 Å². The predicted octanol–water partition coefficient (Wildman–Crippen LogP) is 1.20. The van der Waals surface area contributed by atoms with E-state index in [2.05, 4.69) is 5.32 Å². The molecule has 0 heterocycles. The van der Waals surface area contributed by atoms with Gasteiger partial charge in [-0.15, -0.1) is 0 Å². The van der Waals surface area contributed by atoms with Crippen molar-refractivity contribution in [2.45, 2.75) is 5.92 Å². The molecule has 1 rings (SSSR count). The van der Waals surface area contributed by atoms with E-state index in [9.17, 15) is 14.0 Å². The summed E-state index contributed by atoms with van der Waals surface area (Å²) in [4.78, 5) is 27.3. The van der Waals surface area contributed by atoms with E-state index < -0.39 is 23.7 Å². The molecule has 0 radical (unpaired) electrons. The Labute approximate surface area is 109 Å². The van der Waals surface area contributed by atoms with Crippen molar-refractivity contribution in [1.29, 1.82) is 0 Å². The molecule has 0 bridgehead atoms. The third-order valence-corrected chi connectivity index (χ3v) is 2.62. The van der Waals surface area contributed by atoms with Crippen molar-refractivity contribution in [2.24, 2.45) is 0 Å². The largest absolute Gasteiger partial charge is 0.465 e. The van der Waals surface area contributed by atoms with E-state index in [4.69, 9.17) is 9.94 Å². The summed E-state index contributed by atoms with van der Waals surface area (Å²) in [5.41, 5.74) is 0.116. The van der Waals surface area contributed by atoms with Gasteiger partial charge in [-0.25, -0.2) is 14.2 Å². The molecule has 0 saturated carbocycles. The average Bonchev–Trinajstić information content (AvgIpc) is 2.39. The summed E-state index contributed by atoms with van der Waals surface area (Å²) >= 11 is 0. The minimum atomic E-state index is -1.28. The second-order valence-electron chi connectivity index (χ2n) is 3.78. The first kappa shape index (κ1) is 14.9. The number of hydrogen-bond donors (Lipinski definition) is 2. The molecule has 7 heteroatoms. The third-order valence-electron chi connectivity index (χ3n) is 2.62. The molecule has 0 aliphatic heterocycles. The van der Waals surface area contributed by atoms with Crippen LogP contribution in [0.2, 0.25) is 0 Å². The number of rotatable bonds is 5. The first-order valence-electron chi connectivity index (χ1n) is 5.50. The molecule has 2 amide bonds. The molecular weight excluding hydrogens is 255 g/mol. The van der Waals surface area contributed by atoms with Crippen molar-refractivity contribution in [1.82, 2.24) is 10.4 Å². The first-order chi connectivity index (χ1) is 8.97. The fraction of sp³-hybridized carbons (Fsp3) is 0.333. The van der Waals surface area contributed by atoms with Crippen molar-refractivity contribution in [3.8, 4) is 0 Å². The van der Waals surface area contributed by atoms with E-state index in [1.807, 2.05) is 0 Å². The van der Waals surface area contributed by atoms with Crippen molar-refractivity contribution in [2.75, 3.05) is 20.7 Å². The lowest BCUT2D eigenvalue weighted by molar-refractivity contribution is -0.170. The van der Waals surface area contributed by atoms with Gasteiger partial charge in [0.2, 0.25) is 0 Å². The molecule has 1 atom stereocenters. The van der Waals surface area contributed by atoms with Crippen LogP contribution in [0.3, 0.4) is 0 Å². The van der Waals surface area contributed by atoms with E-state index in [0.717, 1.165) is 5.06 Å². The van der Waals surface area contributed by atoms with E-state index in [1.165, 1.54) is 32.4 Å². The summed E-state index contributed by atoms with van der Waals surface area (Å²) in [6, 6.07) is 5.71. The number of carboxylic acid groups (broad SMARTS) is 1. The molecule has 0 saturated heterocycles. The highest BCUT2D eigenvalue weighted by atomic mass is 19.1. The van der Waals surface area contributed by atoms with E-state index in [-0.39, 0.29) is 12.1 Å². The first-order valence-corrected chi connectivity index (χ1v) is 5.50. The van der Waals surface area contributed by atoms with E-state index in [1.54, 1.807) is 6.07 Å². The predicted molar refractivity (Wildman–Crippen MR) is 64.9 cm³/mol. The second kappa shape index (κ2) is 6.69.